The Kier molecular flexibility index (Phi) is 11.8. The summed E-state index contributed by atoms with van der Waals surface area (Å²) in [6.45, 7) is 5.38. The number of guanidine groups is 1. The van der Waals surface area contributed by atoms with E-state index >= 15 is 0 Å². The summed E-state index contributed by atoms with van der Waals surface area (Å²) in [6, 6.07) is 5.61. The molecule has 0 fully saturated rings. The van der Waals surface area contributed by atoms with Crippen molar-refractivity contribution in [3.05, 3.63) is 23.8 Å². The van der Waals surface area contributed by atoms with Gasteiger partial charge in [-0.3, -0.25) is 4.79 Å². The minimum atomic E-state index is -0.255. The molecule has 1 rings (SSSR count). The van der Waals surface area contributed by atoms with Gasteiger partial charge in [0.15, 0.2) is 5.96 Å². The second kappa shape index (κ2) is 12.6. The first-order chi connectivity index (χ1) is 11.5. The Morgan fingerprint density at radius 2 is 1.92 bits per heavy atom. The van der Waals surface area contributed by atoms with E-state index < -0.39 is 0 Å². The zero-order valence-corrected chi connectivity index (χ0v) is 17.7. The van der Waals surface area contributed by atoms with Gasteiger partial charge in [-0.15, -0.1) is 24.0 Å². The number of esters is 1. The van der Waals surface area contributed by atoms with Gasteiger partial charge in [-0.05, 0) is 19.1 Å². The van der Waals surface area contributed by atoms with Gasteiger partial charge < -0.3 is 24.8 Å². The van der Waals surface area contributed by atoms with Crippen molar-refractivity contribution in [3.63, 3.8) is 0 Å². The van der Waals surface area contributed by atoms with E-state index in [2.05, 4.69) is 15.6 Å². The van der Waals surface area contributed by atoms with Gasteiger partial charge in [0.1, 0.15) is 11.5 Å². The summed E-state index contributed by atoms with van der Waals surface area (Å²) in [5, 5.41) is 6.28. The quantitative estimate of drug-likeness (QED) is 0.265. The van der Waals surface area contributed by atoms with E-state index in [1.165, 1.54) is 7.11 Å². The maximum Gasteiger partial charge on any atom is 0.310 e. The van der Waals surface area contributed by atoms with Crippen molar-refractivity contribution in [1.82, 2.24) is 10.6 Å². The van der Waals surface area contributed by atoms with Gasteiger partial charge in [0.2, 0.25) is 0 Å². The number of hydrogen-bond donors (Lipinski definition) is 2. The van der Waals surface area contributed by atoms with Crippen LogP contribution in [0.25, 0.3) is 0 Å². The van der Waals surface area contributed by atoms with E-state index in [9.17, 15) is 4.79 Å². The van der Waals surface area contributed by atoms with E-state index in [1.807, 2.05) is 25.1 Å². The number of ether oxygens (including phenoxy) is 3. The van der Waals surface area contributed by atoms with Gasteiger partial charge >= 0.3 is 5.97 Å². The lowest BCUT2D eigenvalue weighted by atomic mass is 10.2. The van der Waals surface area contributed by atoms with Crippen LogP contribution in [0.15, 0.2) is 23.2 Å². The maximum absolute atomic E-state index is 11.5. The highest BCUT2D eigenvalue weighted by molar-refractivity contribution is 14.0. The summed E-state index contributed by atoms with van der Waals surface area (Å²) in [5.41, 5.74) is 0.941. The lowest BCUT2D eigenvalue weighted by molar-refractivity contribution is -0.144. The molecular formula is C17H28IN3O4. The average Bonchev–Trinajstić information content (AvgIpc) is 2.62. The van der Waals surface area contributed by atoms with Crippen LogP contribution in [0.4, 0.5) is 0 Å². The number of carbonyl (C=O) groups is 1. The molecule has 0 aliphatic heterocycles. The summed E-state index contributed by atoms with van der Waals surface area (Å²) < 4.78 is 15.3. The molecule has 142 valence electrons. The number of benzene rings is 1. The molecule has 0 aliphatic carbocycles. The van der Waals surface area contributed by atoms with Crippen molar-refractivity contribution in [2.75, 3.05) is 34.4 Å². The first kappa shape index (κ1) is 23.3. The molecule has 0 saturated carbocycles. The highest BCUT2D eigenvalue weighted by Crippen LogP contribution is 2.25. The number of methoxy groups -OCH3 is 3. The highest BCUT2D eigenvalue weighted by atomic mass is 127. The molecule has 0 radical (unpaired) electrons. The number of aliphatic imine (C=N–C) groups is 1. The SMILES string of the molecule is CCNC(=NCc1ccc(OC)cc1OC)NCC(C)C(=O)OC.I. The Bertz CT molecular complexity index is 567. The van der Waals surface area contributed by atoms with Crippen LogP contribution in [0.1, 0.15) is 19.4 Å². The molecule has 0 bridgehead atoms. The molecule has 1 unspecified atom stereocenters. The van der Waals surface area contributed by atoms with E-state index in [4.69, 9.17) is 14.2 Å². The molecule has 25 heavy (non-hydrogen) atoms. The van der Waals surface area contributed by atoms with Gasteiger partial charge in [-0.2, -0.15) is 0 Å². The highest BCUT2D eigenvalue weighted by Gasteiger charge is 2.13. The van der Waals surface area contributed by atoms with Crippen LogP contribution in [-0.4, -0.2) is 46.3 Å². The van der Waals surface area contributed by atoms with Gasteiger partial charge in [-0.1, -0.05) is 6.92 Å². The van der Waals surface area contributed by atoms with Crippen LogP contribution < -0.4 is 20.1 Å². The molecule has 0 amide bonds. The number of hydrogen-bond acceptors (Lipinski definition) is 5. The Morgan fingerprint density at radius 3 is 2.48 bits per heavy atom. The zero-order chi connectivity index (χ0) is 17.9. The molecule has 2 N–H and O–H groups in total. The molecule has 0 aliphatic rings. The van der Waals surface area contributed by atoms with Gasteiger partial charge in [-0.25, -0.2) is 4.99 Å². The molecule has 0 spiro atoms. The lowest BCUT2D eigenvalue weighted by Crippen LogP contribution is -2.40. The fraction of sp³-hybridized carbons (Fsp3) is 0.529. The van der Waals surface area contributed by atoms with Crippen molar-refractivity contribution in [2.24, 2.45) is 10.9 Å². The number of carbonyl (C=O) groups excluding carboxylic acids is 1. The Balaban J connectivity index is 0.00000576. The average molecular weight is 465 g/mol. The summed E-state index contributed by atoms with van der Waals surface area (Å²) in [7, 11) is 4.61. The van der Waals surface area contributed by atoms with Gasteiger partial charge in [0.25, 0.3) is 0 Å². The first-order valence-electron chi connectivity index (χ1n) is 7.86. The van der Waals surface area contributed by atoms with Crippen LogP contribution in [0.3, 0.4) is 0 Å². The van der Waals surface area contributed by atoms with Crippen molar-refractivity contribution < 1.29 is 19.0 Å². The molecule has 0 aromatic heterocycles. The summed E-state index contributed by atoms with van der Waals surface area (Å²) in [6.07, 6.45) is 0. The van der Waals surface area contributed by atoms with E-state index in [0.29, 0.717) is 19.0 Å². The molecule has 1 atom stereocenters. The van der Waals surface area contributed by atoms with Crippen LogP contribution in [0.2, 0.25) is 0 Å². The molecule has 0 saturated heterocycles. The topological polar surface area (TPSA) is 81.2 Å². The first-order valence-corrected chi connectivity index (χ1v) is 7.86. The Morgan fingerprint density at radius 1 is 1.20 bits per heavy atom. The van der Waals surface area contributed by atoms with Crippen LogP contribution in [0.5, 0.6) is 11.5 Å². The fourth-order valence-electron chi connectivity index (χ4n) is 2.02. The predicted octanol–water partition coefficient (Wildman–Crippen LogP) is 2.19. The third-order valence-corrected chi connectivity index (χ3v) is 3.43. The summed E-state index contributed by atoms with van der Waals surface area (Å²) in [5.74, 6) is 1.57. The fourth-order valence-corrected chi connectivity index (χ4v) is 2.02. The number of nitrogens with one attached hydrogen (secondary N) is 2. The second-order valence-electron chi connectivity index (χ2n) is 5.18. The molecule has 0 heterocycles. The van der Waals surface area contributed by atoms with E-state index in [0.717, 1.165) is 23.6 Å². The largest absolute Gasteiger partial charge is 0.497 e. The monoisotopic (exact) mass is 465 g/mol. The predicted molar refractivity (Wildman–Crippen MR) is 109 cm³/mol. The number of rotatable bonds is 8. The van der Waals surface area contributed by atoms with E-state index in [1.54, 1.807) is 21.1 Å². The molecule has 7 nitrogen and oxygen atoms in total. The number of nitrogens with zero attached hydrogens (tertiary/aromatic N) is 1. The molecule has 8 heteroatoms. The third kappa shape index (κ3) is 7.80. The summed E-state index contributed by atoms with van der Waals surface area (Å²) in [4.78, 5) is 16.0. The number of halogens is 1. The van der Waals surface area contributed by atoms with Gasteiger partial charge in [0, 0.05) is 24.7 Å². The zero-order valence-electron chi connectivity index (χ0n) is 15.4. The minimum Gasteiger partial charge on any atom is -0.497 e. The van der Waals surface area contributed by atoms with Crippen molar-refractivity contribution >= 4 is 35.9 Å². The van der Waals surface area contributed by atoms with Gasteiger partial charge in [0.05, 0.1) is 33.8 Å². The second-order valence-corrected chi connectivity index (χ2v) is 5.18. The normalized spacial score (nSPS) is 11.8. The smallest absolute Gasteiger partial charge is 0.310 e. The van der Waals surface area contributed by atoms with Crippen LogP contribution in [-0.2, 0) is 16.1 Å². The summed E-state index contributed by atoms with van der Waals surface area (Å²) >= 11 is 0. The minimum absolute atomic E-state index is 0. The van der Waals surface area contributed by atoms with Crippen molar-refractivity contribution in [2.45, 2.75) is 20.4 Å². The molecule has 1 aromatic carbocycles. The maximum atomic E-state index is 11.5. The lowest BCUT2D eigenvalue weighted by Gasteiger charge is -2.15. The Labute approximate surface area is 166 Å². The molecule has 1 aromatic rings. The van der Waals surface area contributed by atoms with Crippen molar-refractivity contribution in [1.29, 1.82) is 0 Å². The third-order valence-electron chi connectivity index (χ3n) is 3.43. The van der Waals surface area contributed by atoms with Crippen LogP contribution in [0, 0.1) is 5.92 Å². The molecular weight excluding hydrogens is 437 g/mol. The van der Waals surface area contributed by atoms with Crippen LogP contribution >= 0.6 is 24.0 Å². The van der Waals surface area contributed by atoms with Crippen molar-refractivity contribution in [3.8, 4) is 11.5 Å². The van der Waals surface area contributed by atoms with E-state index in [-0.39, 0.29) is 35.9 Å². The Hall–Kier alpha value is -1.71. The standard InChI is InChI=1S/C17H27N3O4.HI/c1-6-18-17(19-10-12(2)16(21)24-5)20-11-13-7-8-14(22-3)9-15(13)23-4;/h7-9,12H,6,10-11H2,1-5H3,(H2,18,19,20);1H.